The van der Waals surface area contributed by atoms with E-state index in [-0.39, 0.29) is 10.9 Å². The zero-order chi connectivity index (χ0) is 20.7. The van der Waals surface area contributed by atoms with Crippen LogP contribution < -0.4 is 0 Å². The Kier molecular flexibility index (Phi) is 4.80. The van der Waals surface area contributed by atoms with Gasteiger partial charge in [0.15, 0.2) is 0 Å². The van der Waals surface area contributed by atoms with Crippen molar-refractivity contribution in [3.05, 3.63) is 60.3 Å². The van der Waals surface area contributed by atoms with Crippen molar-refractivity contribution in [3.63, 3.8) is 0 Å². The van der Waals surface area contributed by atoms with Gasteiger partial charge < -0.3 is 4.98 Å². The van der Waals surface area contributed by atoms with Crippen molar-refractivity contribution in [2.75, 3.05) is 13.1 Å². The van der Waals surface area contributed by atoms with Gasteiger partial charge in [0.05, 0.1) is 22.8 Å². The first kappa shape index (κ1) is 19.2. The first-order valence-corrected chi connectivity index (χ1v) is 11.4. The molecule has 154 valence electrons. The Balaban J connectivity index is 1.32. The molecule has 4 aromatic rings. The highest BCUT2D eigenvalue weighted by Crippen LogP contribution is 2.30. The van der Waals surface area contributed by atoms with Gasteiger partial charge in [0.1, 0.15) is 12.0 Å². The van der Waals surface area contributed by atoms with E-state index in [9.17, 15) is 8.42 Å². The number of fused-ring (bicyclic) bond motifs is 1. The van der Waals surface area contributed by atoms with Crippen LogP contribution in [0, 0.1) is 0 Å². The third-order valence-electron chi connectivity index (χ3n) is 5.48. The maximum atomic E-state index is 12.9. The van der Waals surface area contributed by atoms with Crippen LogP contribution in [0.1, 0.15) is 18.9 Å². The number of nitrogens with one attached hydrogen (secondary N) is 1. The van der Waals surface area contributed by atoms with Crippen LogP contribution >= 0.6 is 11.6 Å². The molecular weight excluding hydrogens is 424 g/mol. The Morgan fingerprint density at radius 1 is 1.07 bits per heavy atom. The van der Waals surface area contributed by atoms with Crippen LogP contribution in [0.25, 0.3) is 22.3 Å². The molecule has 0 spiro atoms. The normalized spacial score (nSPS) is 16.3. The number of rotatable bonds is 4. The summed E-state index contributed by atoms with van der Waals surface area (Å²) in [7, 11) is -3.52. The number of aromatic amines is 1. The van der Waals surface area contributed by atoms with E-state index in [1.54, 1.807) is 30.5 Å². The van der Waals surface area contributed by atoms with Crippen molar-refractivity contribution in [1.82, 2.24) is 29.0 Å². The molecule has 5 rings (SSSR count). The number of H-pyrrole nitrogens is 1. The number of benzene rings is 1. The van der Waals surface area contributed by atoms with Crippen LogP contribution in [0.5, 0.6) is 0 Å². The average molecular weight is 443 g/mol. The predicted molar refractivity (Wildman–Crippen MR) is 114 cm³/mol. The maximum Gasteiger partial charge on any atom is 0.243 e. The average Bonchev–Trinajstić information content (AvgIpc) is 3.44. The van der Waals surface area contributed by atoms with E-state index < -0.39 is 10.0 Å². The molecule has 0 bridgehead atoms. The Labute approximate surface area is 178 Å². The summed E-state index contributed by atoms with van der Waals surface area (Å²) < 4.78 is 29.2. The van der Waals surface area contributed by atoms with Gasteiger partial charge in [0.2, 0.25) is 10.0 Å². The smallest absolute Gasteiger partial charge is 0.243 e. The van der Waals surface area contributed by atoms with E-state index >= 15 is 0 Å². The topological polar surface area (TPSA) is 96.8 Å². The summed E-state index contributed by atoms with van der Waals surface area (Å²) in [4.78, 5) is 12.0. The van der Waals surface area contributed by atoms with Crippen molar-refractivity contribution in [1.29, 1.82) is 0 Å². The molecule has 0 amide bonds. The van der Waals surface area contributed by atoms with Crippen LogP contribution in [0.4, 0.5) is 0 Å². The first-order chi connectivity index (χ1) is 14.5. The van der Waals surface area contributed by atoms with Gasteiger partial charge in [0, 0.05) is 41.5 Å². The highest BCUT2D eigenvalue weighted by Gasteiger charge is 2.30. The molecule has 0 radical (unpaired) electrons. The van der Waals surface area contributed by atoms with Crippen molar-refractivity contribution in [2.45, 2.75) is 23.8 Å². The fraction of sp³-hybridized carbons (Fsp3) is 0.250. The molecule has 0 aliphatic carbocycles. The van der Waals surface area contributed by atoms with Crippen LogP contribution in [-0.4, -0.2) is 50.5 Å². The second-order valence-electron chi connectivity index (χ2n) is 7.26. The molecule has 1 aromatic carbocycles. The van der Waals surface area contributed by atoms with E-state index in [1.165, 1.54) is 10.6 Å². The number of aromatic nitrogens is 5. The Morgan fingerprint density at radius 2 is 1.83 bits per heavy atom. The van der Waals surface area contributed by atoms with Gasteiger partial charge in [-0.1, -0.05) is 11.6 Å². The van der Waals surface area contributed by atoms with Crippen molar-refractivity contribution < 1.29 is 8.42 Å². The molecule has 0 atom stereocenters. The fourth-order valence-electron chi connectivity index (χ4n) is 3.87. The Bertz CT molecular complexity index is 1290. The summed E-state index contributed by atoms with van der Waals surface area (Å²) in [6, 6.07) is 8.38. The Hall–Kier alpha value is -2.75. The van der Waals surface area contributed by atoms with Gasteiger partial charge in [-0.25, -0.2) is 18.4 Å². The second kappa shape index (κ2) is 7.50. The molecule has 8 nitrogen and oxygen atoms in total. The van der Waals surface area contributed by atoms with Gasteiger partial charge >= 0.3 is 0 Å². The van der Waals surface area contributed by atoms with Crippen LogP contribution in [0.15, 0.2) is 60.1 Å². The molecule has 1 aliphatic rings. The standard InChI is InChI=1S/C20H19ClN6O2S/c21-15-1-3-17(4-2-15)30(28,29)26-9-6-16(7-10-26)27-12-14(11-25-27)19-18-5-8-22-20(18)24-13-23-19/h1-5,8,11-13,16H,6-7,9-10H2,(H,22,23,24). The molecule has 0 unspecified atom stereocenters. The molecule has 10 heteroatoms. The summed E-state index contributed by atoms with van der Waals surface area (Å²) in [5.41, 5.74) is 2.53. The third kappa shape index (κ3) is 3.38. The van der Waals surface area contributed by atoms with Gasteiger partial charge in [-0.05, 0) is 43.2 Å². The molecule has 1 saturated heterocycles. The summed E-state index contributed by atoms with van der Waals surface area (Å²) in [5.74, 6) is 0. The SMILES string of the molecule is O=S(=O)(c1ccc(Cl)cc1)N1CCC(n2cc(-c3ncnc4[nH]ccc34)cn2)CC1. The molecule has 1 N–H and O–H groups in total. The second-order valence-corrected chi connectivity index (χ2v) is 9.63. The number of piperidine rings is 1. The van der Waals surface area contributed by atoms with Crippen molar-refractivity contribution >= 4 is 32.7 Å². The lowest BCUT2D eigenvalue weighted by Gasteiger charge is -2.31. The molecule has 30 heavy (non-hydrogen) atoms. The summed E-state index contributed by atoms with van der Waals surface area (Å²) in [6.45, 7) is 0.890. The van der Waals surface area contributed by atoms with E-state index in [4.69, 9.17) is 11.6 Å². The van der Waals surface area contributed by atoms with E-state index in [0.717, 1.165) is 22.3 Å². The zero-order valence-electron chi connectivity index (χ0n) is 15.9. The number of hydrogen-bond acceptors (Lipinski definition) is 5. The van der Waals surface area contributed by atoms with Crippen LogP contribution in [0.2, 0.25) is 5.02 Å². The highest BCUT2D eigenvalue weighted by atomic mass is 35.5. The van der Waals surface area contributed by atoms with Crippen LogP contribution in [-0.2, 0) is 10.0 Å². The lowest BCUT2D eigenvalue weighted by Crippen LogP contribution is -2.39. The Morgan fingerprint density at radius 3 is 2.60 bits per heavy atom. The minimum absolute atomic E-state index is 0.138. The number of nitrogens with zero attached hydrogens (tertiary/aromatic N) is 5. The zero-order valence-corrected chi connectivity index (χ0v) is 17.5. The molecule has 1 fully saturated rings. The predicted octanol–water partition coefficient (Wildman–Crippen LogP) is 3.50. The number of hydrogen-bond donors (Lipinski definition) is 1. The number of halogens is 1. The lowest BCUT2D eigenvalue weighted by molar-refractivity contribution is 0.261. The van der Waals surface area contributed by atoms with Gasteiger partial charge in [0.25, 0.3) is 0 Å². The number of sulfonamides is 1. The molecule has 4 heterocycles. The van der Waals surface area contributed by atoms with Gasteiger partial charge in [-0.3, -0.25) is 4.68 Å². The largest absolute Gasteiger partial charge is 0.346 e. The molecule has 1 aliphatic heterocycles. The fourth-order valence-corrected chi connectivity index (χ4v) is 5.46. The molecular formula is C20H19ClN6O2S. The summed E-state index contributed by atoms with van der Waals surface area (Å²) in [5, 5.41) is 5.99. The van der Waals surface area contributed by atoms with Crippen molar-refractivity contribution in [3.8, 4) is 11.3 Å². The minimum Gasteiger partial charge on any atom is -0.346 e. The van der Waals surface area contributed by atoms with E-state index in [1.807, 2.05) is 23.1 Å². The highest BCUT2D eigenvalue weighted by molar-refractivity contribution is 7.89. The maximum absolute atomic E-state index is 12.9. The van der Waals surface area contributed by atoms with Crippen LogP contribution in [0.3, 0.4) is 0 Å². The van der Waals surface area contributed by atoms with Crippen molar-refractivity contribution in [2.24, 2.45) is 0 Å². The quantitative estimate of drug-likeness (QED) is 0.521. The molecule has 0 saturated carbocycles. The first-order valence-electron chi connectivity index (χ1n) is 9.61. The minimum atomic E-state index is -3.52. The third-order valence-corrected chi connectivity index (χ3v) is 7.64. The van der Waals surface area contributed by atoms with E-state index in [0.29, 0.717) is 31.0 Å². The monoisotopic (exact) mass is 442 g/mol. The van der Waals surface area contributed by atoms with Gasteiger partial charge in [-0.2, -0.15) is 9.40 Å². The lowest BCUT2D eigenvalue weighted by atomic mass is 10.1. The summed E-state index contributed by atoms with van der Waals surface area (Å²) in [6.07, 6.45) is 8.53. The molecule has 3 aromatic heterocycles. The summed E-state index contributed by atoms with van der Waals surface area (Å²) >= 11 is 5.88. The van der Waals surface area contributed by atoms with Gasteiger partial charge in [-0.15, -0.1) is 0 Å². The van der Waals surface area contributed by atoms with E-state index in [2.05, 4.69) is 20.1 Å².